The first-order valence-electron chi connectivity index (χ1n) is 9.96. The molecule has 5 nitrogen and oxygen atoms in total. The number of anilines is 1. The van der Waals surface area contributed by atoms with Gasteiger partial charge in [-0.1, -0.05) is 24.3 Å². The van der Waals surface area contributed by atoms with Crippen molar-refractivity contribution in [2.24, 2.45) is 0 Å². The summed E-state index contributed by atoms with van der Waals surface area (Å²) in [5.74, 6) is 0.981. The van der Waals surface area contributed by atoms with Gasteiger partial charge >= 0.3 is 0 Å². The number of phenolic OH excluding ortho intramolecular Hbond substituents is 1. The van der Waals surface area contributed by atoms with Gasteiger partial charge in [-0.2, -0.15) is 0 Å². The van der Waals surface area contributed by atoms with Crippen molar-refractivity contribution in [3.05, 3.63) is 78.4 Å². The number of piperazine rings is 1. The number of benzene rings is 3. The van der Waals surface area contributed by atoms with Gasteiger partial charge in [-0.05, 0) is 54.1 Å². The molecule has 0 amide bonds. The molecule has 5 rings (SSSR count). The number of fused-ring (bicyclic) bond motifs is 1. The second-order valence-corrected chi connectivity index (χ2v) is 7.46. The third kappa shape index (κ3) is 3.82. The first-order valence-corrected chi connectivity index (χ1v) is 9.96. The summed E-state index contributed by atoms with van der Waals surface area (Å²) in [5.41, 5.74) is 5.17. The summed E-state index contributed by atoms with van der Waals surface area (Å²) < 4.78 is 5.86. The third-order valence-corrected chi connectivity index (χ3v) is 5.49. The van der Waals surface area contributed by atoms with E-state index >= 15 is 0 Å². The molecule has 1 aromatic heterocycles. The van der Waals surface area contributed by atoms with Crippen LogP contribution in [0.15, 0.2) is 77.2 Å². The Morgan fingerprint density at radius 1 is 0.828 bits per heavy atom. The minimum absolute atomic E-state index is 0.314. The molecule has 29 heavy (non-hydrogen) atoms. The summed E-state index contributed by atoms with van der Waals surface area (Å²) in [7, 11) is 0. The number of aromatic nitrogens is 1. The highest BCUT2D eigenvalue weighted by atomic mass is 16.3. The Bertz CT molecular complexity index is 1060. The molecule has 0 spiro atoms. The topological polar surface area (TPSA) is 52.7 Å². The smallest absolute Gasteiger partial charge is 0.227 e. The second-order valence-electron chi connectivity index (χ2n) is 7.46. The van der Waals surface area contributed by atoms with Gasteiger partial charge in [0.25, 0.3) is 0 Å². The van der Waals surface area contributed by atoms with E-state index in [2.05, 4.69) is 39.0 Å². The Balaban J connectivity index is 1.21. The van der Waals surface area contributed by atoms with Crippen molar-refractivity contribution >= 4 is 16.8 Å². The predicted molar refractivity (Wildman–Crippen MR) is 115 cm³/mol. The Morgan fingerprint density at radius 2 is 1.55 bits per heavy atom. The highest BCUT2D eigenvalue weighted by Crippen LogP contribution is 2.25. The molecule has 146 valence electrons. The maximum atomic E-state index is 9.45. The van der Waals surface area contributed by atoms with E-state index in [0.29, 0.717) is 11.6 Å². The lowest BCUT2D eigenvalue weighted by molar-refractivity contribution is 0.250. The van der Waals surface area contributed by atoms with Crippen LogP contribution in [0.1, 0.15) is 5.56 Å². The zero-order valence-electron chi connectivity index (χ0n) is 16.2. The van der Waals surface area contributed by atoms with Gasteiger partial charge in [0.1, 0.15) is 11.3 Å². The number of phenols is 1. The maximum absolute atomic E-state index is 9.45. The van der Waals surface area contributed by atoms with Crippen LogP contribution in [0.3, 0.4) is 0 Å². The van der Waals surface area contributed by atoms with E-state index in [-0.39, 0.29) is 0 Å². The first-order chi connectivity index (χ1) is 14.2. The fraction of sp³-hybridized carbons (Fsp3) is 0.208. The molecule has 5 heteroatoms. The predicted octanol–water partition coefficient (Wildman–Crippen LogP) is 4.52. The van der Waals surface area contributed by atoms with Crippen LogP contribution in [0.4, 0.5) is 5.69 Å². The Labute approximate surface area is 169 Å². The number of para-hydroxylation sites is 2. The van der Waals surface area contributed by atoms with Crippen LogP contribution in [0.2, 0.25) is 0 Å². The Kier molecular flexibility index (Phi) is 4.66. The van der Waals surface area contributed by atoms with Crippen LogP contribution >= 0.6 is 0 Å². The van der Waals surface area contributed by atoms with E-state index in [4.69, 9.17) is 4.42 Å². The van der Waals surface area contributed by atoms with Gasteiger partial charge in [-0.3, -0.25) is 4.90 Å². The number of nitrogens with zero attached hydrogens (tertiary/aromatic N) is 3. The first kappa shape index (κ1) is 17.8. The highest BCUT2D eigenvalue weighted by Gasteiger charge is 2.17. The van der Waals surface area contributed by atoms with Gasteiger partial charge in [0, 0.05) is 44.0 Å². The third-order valence-electron chi connectivity index (χ3n) is 5.49. The summed E-state index contributed by atoms with van der Waals surface area (Å²) in [6.07, 6.45) is 0. The van der Waals surface area contributed by atoms with Gasteiger partial charge in [0.15, 0.2) is 5.58 Å². The molecule has 1 fully saturated rings. The van der Waals surface area contributed by atoms with E-state index in [1.807, 2.05) is 36.4 Å². The molecule has 4 aromatic rings. The lowest BCUT2D eigenvalue weighted by Gasteiger charge is -2.36. The fourth-order valence-corrected chi connectivity index (χ4v) is 3.83. The minimum atomic E-state index is 0.314. The molecule has 1 aliphatic rings. The molecule has 0 bridgehead atoms. The molecule has 0 saturated carbocycles. The molecular formula is C24H23N3O2. The summed E-state index contributed by atoms with van der Waals surface area (Å²) in [6, 6.07) is 23.8. The van der Waals surface area contributed by atoms with E-state index in [1.165, 1.54) is 11.3 Å². The molecular weight excluding hydrogens is 362 g/mol. The molecule has 0 unspecified atom stereocenters. The summed E-state index contributed by atoms with van der Waals surface area (Å²) in [4.78, 5) is 9.42. The fourth-order valence-electron chi connectivity index (χ4n) is 3.83. The lowest BCUT2D eigenvalue weighted by Crippen LogP contribution is -2.45. The summed E-state index contributed by atoms with van der Waals surface area (Å²) in [5, 5.41) is 9.45. The Morgan fingerprint density at radius 3 is 2.28 bits per heavy atom. The van der Waals surface area contributed by atoms with E-state index < -0.39 is 0 Å². The quantitative estimate of drug-likeness (QED) is 0.560. The van der Waals surface area contributed by atoms with Crippen LogP contribution < -0.4 is 4.90 Å². The second kappa shape index (κ2) is 7.60. The van der Waals surface area contributed by atoms with Crippen LogP contribution in [0.25, 0.3) is 22.6 Å². The van der Waals surface area contributed by atoms with E-state index in [9.17, 15) is 5.11 Å². The van der Waals surface area contributed by atoms with Crippen molar-refractivity contribution in [3.8, 4) is 17.2 Å². The standard InChI is InChI=1S/C24H23N3O2/c28-21-11-9-20(10-12-21)27-15-13-26(14-16-27)17-18-5-7-19(8-6-18)24-25-22-3-1-2-4-23(22)29-24/h1-12,28H,13-17H2. The largest absolute Gasteiger partial charge is 0.508 e. The highest BCUT2D eigenvalue weighted by molar-refractivity contribution is 5.75. The summed E-state index contributed by atoms with van der Waals surface area (Å²) in [6.45, 7) is 4.97. The lowest BCUT2D eigenvalue weighted by atomic mass is 10.1. The van der Waals surface area contributed by atoms with Gasteiger partial charge in [0.05, 0.1) is 0 Å². The number of rotatable bonds is 4. The minimum Gasteiger partial charge on any atom is -0.508 e. The Hall–Kier alpha value is -3.31. The zero-order valence-corrected chi connectivity index (χ0v) is 16.2. The van der Waals surface area contributed by atoms with Gasteiger partial charge < -0.3 is 14.4 Å². The zero-order chi connectivity index (χ0) is 19.6. The normalized spacial score (nSPS) is 15.1. The van der Waals surface area contributed by atoms with Crippen LogP contribution in [0.5, 0.6) is 5.75 Å². The van der Waals surface area contributed by atoms with Crippen molar-refractivity contribution in [3.63, 3.8) is 0 Å². The molecule has 3 aromatic carbocycles. The SMILES string of the molecule is Oc1ccc(N2CCN(Cc3ccc(-c4nc5ccccc5o4)cc3)CC2)cc1. The van der Waals surface area contributed by atoms with Crippen LogP contribution in [0, 0.1) is 0 Å². The van der Waals surface area contributed by atoms with Crippen LogP contribution in [-0.4, -0.2) is 41.2 Å². The number of hydrogen-bond acceptors (Lipinski definition) is 5. The van der Waals surface area contributed by atoms with E-state index in [0.717, 1.165) is 49.4 Å². The molecule has 1 saturated heterocycles. The molecule has 2 heterocycles. The van der Waals surface area contributed by atoms with Crippen LogP contribution in [-0.2, 0) is 6.54 Å². The molecule has 1 aliphatic heterocycles. The maximum Gasteiger partial charge on any atom is 0.227 e. The molecule has 0 aliphatic carbocycles. The molecule has 1 N–H and O–H groups in total. The van der Waals surface area contributed by atoms with Crippen molar-refractivity contribution in [2.45, 2.75) is 6.54 Å². The van der Waals surface area contributed by atoms with Crippen molar-refractivity contribution in [1.82, 2.24) is 9.88 Å². The van der Waals surface area contributed by atoms with Gasteiger partial charge in [0.2, 0.25) is 5.89 Å². The van der Waals surface area contributed by atoms with Gasteiger partial charge in [-0.15, -0.1) is 0 Å². The van der Waals surface area contributed by atoms with Crippen molar-refractivity contribution in [1.29, 1.82) is 0 Å². The molecule has 0 atom stereocenters. The monoisotopic (exact) mass is 385 g/mol. The number of aromatic hydroxyl groups is 1. The number of oxazole rings is 1. The average Bonchev–Trinajstić information content (AvgIpc) is 3.20. The van der Waals surface area contributed by atoms with Gasteiger partial charge in [-0.25, -0.2) is 4.98 Å². The number of hydrogen-bond donors (Lipinski definition) is 1. The van der Waals surface area contributed by atoms with Crippen molar-refractivity contribution in [2.75, 3.05) is 31.1 Å². The van der Waals surface area contributed by atoms with E-state index in [1.54, 1.807) is 12.1 Å². The summed E-state index contributed by atoms with van der Waals surface area (Å²) >= 11 is 0. The molecule has 0 radical (unpaired) electrons. The van der Waals surface area contributed by atoms with Crippen molar-refractivity contribution < 1.29 is 9.52 Å². The average molecular weight is 385 g/mol.